The van der Waals surface area contributed by atoms with E-state index in [1.807, 2.05) is 60.4 Å². The number of likely N-dealkylation sites (tertiary alicyclic amines) is 1. The molecule has 1 N–H and O–H groups in total. The Balaban J connectivity index is 1.26. The second-order valence-corrected chi connectivity index (χ2v) is 8.10. The van der Waals surface area contributed by atoms with E-state index in [-0.39, 0.29) is 24.2 Å². The lowest BCUT2D eigenvalue weighted by Crippen LogP contribution is -2.35. The van der Waals surface area contributed by atoms with Gasteiger partial charge in [-0.25, -0.2) is 0 Å². The fourth-order valence-electron chi connectivity index (χ4n) is 3.68. The number of hydrogen-bond acceptors (Lipinski definition) is 4. The van der Waals surface area contributed by atoms with E-state index in [1.165, 1.54) is 6.42 Å². The summed E-state index contributed by atoms with van der Waals surface area (Å²) in [6, 6.07) is 18.5. The molecule has 0 radical (unpaired) electrons. The van der Waals surface area contributed by atoms with Gasteiger partial charge in [0, 0.05) is 25.2 Å². The maximum absolute atomic E-state index is 12.6. The van der Waals surface area contributed by atoms with Gasteiger partial charge in [0.2, 0.25) is 0 Å². The SMILES string of the molecule is Cc1ccc(OCc2ccc(C(=O)NCc3ccc(C(=O)N4CCCCC4)cc3)o2)cc1. The van der Waals surface area contributed by atoms with Crippen molar-refractivity contribution in [3.8, 4) is 5.75 Å². The van der Waals surface area contributed by atoms with Crippen molar-refractivity contribution in [1.29, 1.82) is 0 Å². The molecule has 6 heteroatoms. The van der Waals surface area contributed by atoms with E-state index in [4.69, 9.17) is 9.15 Å². The second-order valence-electron chi connectivity index (χ2n) is 8.10. The Kier molecular flexibility index (Phi) is 6.90. The Hall–Kier alpha value is -3.54. The normalized spacial score (nSPS) is 13.6. The summed E-state index contributed by atoms with van der Waals surface area (Å²) in [6.45, 7) is 4.29. The van der Waals surface area contributed by atoms with Gasteiger partial charge < -0.3 is 19.4 Å². The van der Waals surface area contributed by atoms with E-state index in [0.29, 0.717) is 17.9 Å². The van der Waals surface area contributed by atoms with Crippen LogP contribution in [0.5, 0.6) is 5.75 Å². The van der Waals surface area contributed by atoms with Gasteiger partial charge in [0.25, 0.3) is 11.8 Å². The lowest BCUT2D eigenvalue weighted by atomic mass is 10.1. The number of aryl methyl sites for hydroxylation is 1. The zero-order valence-corrected chi connectivity index (χ0v) is 18.3. The van der Waals surface area contributed by atoms with Crippen LogP contribution < -0.4 is 10.1 Å². The van der Waals surface area contributed by atoms with Gasteiger partial charge in [-0.15, -0.1) is 0 Å². The van der Waals surface area contributed by atoms with Gasteiger partial charge >= 0.3 is 0 Å². The molecule has 1 aromatic heterocycles. The zero-order chi connectivity index (χ0) is 22.3. The highest BCUT2D eigenvalue weighted by Crippen LogP contribution is 2.16. The largest absolute Gasteiger partial charge is 0.486 e. The number of carbonyl (C=O) groups excluding carboxylic acids is 2. The Morgan fingerprint density at radius 1 is 0.938 bits per heavy atom. The van der Waals surface area contributed by atoms with Crippen LogP contribution in [-0.2, 0) is 13.2 Å². The number of furan rings is 1. The molecule has 0 unspecified atom stereocenters. The van der Waals surface area contributed by atoms with Gasteiger partial charge in [0.05, 0.1) is 0 Å². The number of carbonyl (C=O) groups is 2. The summed E-state index contributed by atoms with van der Waals surface area (Å²) in [5, 5.41) is 2.85. The molecule has 1 aliphatic rings. The number of amides is 2. The number of benzene rings is 2. The summed E-state index contributed by atoms with van der Waals surface area (Å²) >= 11 is 0. The molecule has 0 saturated carbocycles. The van der Waals surface area contributed by atoms with Gasteiger partial charge in [-0.3, -0.25) is 9.59 Å². The van der Waals surface area contributed by atoms with Crippen LogP contribution in [0.15, 0.2) is 65.1 Å². The maximum atomic E-state index is 12.6. The molecule has 1 fully saturated rings. The quantitative estimate of drug-likeness (QED) is 0.586. The number of nitrogens with zero attached hydrogens (tertiary/aromatic N) is 1. The minimum absolute atomic E-state index is 0.0799. The second kappa shape index (κ2) is 10.2. The van der Waals surface area contributed by atoms with Crippen LogP contribution in [0.25, 0.3) is 0 Å². The van der Waals surface area contributed by atoms with Crippen LogP contribution in [-0.4, -0.2) is 29.8 Å². The number of hydrogen-bond donors (Lipinski definition) is 1. The monoisotopic (exact) mass is 432 g/mol. The average Bonchev–Trinajstić information content (AvgIpc) is 3.32. The van der Waals surface area contributed by atoms with Crippen molar-refractivity contribution in [1.82, 2.24) is 10.2 Å². The van der Waals surface area contributed by atoms with E-state index in [9.17, 15) is 9.59 Å². The van der Waals surface area contributed by atoms with Gasteiger partial charge in [-0.1, -0.05) is 29.8 Å². The third-order valence-electron chi connectivity index (χ3n) is 5.58. The molecule has 0 bridgehead atoms. The predicted octanol–water partition coefficient (Wildman–Crippen LogP) is 4.72. The van der Waals surface area contributed by atoms with Crippen molar-refractivity contribution in [3.63, 3.8) is 0 Å². The van der Waals surface area contributed by atoms with Crippen LogP contribution in [0, 0.1) is 6.92 Å². The minimum Gasteiger partial charge on any atom is -0.486 e. The third kappa shape index (κ3) is 5.58. The van der Waals surface area contributed by atoms with Gasteiger partial charge in [0.15, 0.2) is 5.76 Å². The summed E-state index contributed by atoms with van der Waals surface area (Å²) in [4.78, 5) is 26.9. The van der Waals surface area contributed by atoms with E-state index >= 15 is 0 Å². The first-order chi connectivity index (χ1) is 15.6. The molecule has 3 aromatic rings. The van der Waals surface area contributed by atoms with E-state index in [2.05, 4.69) is 5.32 Å². The standard InChI is InChI=1S/C26H28N2O4/c1-19-5-11-22(12-6-19)31-18-23-13-14-24(32-23)25(29)27-17-20-7-9-21(10-8-20)26(30)28-15-3-2-4-16-28/h5-14H,2-4,15-18H2,1H3,(H,27,29). The lowest BCUT2D eigenvalue weighted by Gasteiger charge is -2.26. The third-order valence-corrected chi connectivity index (χ3v) is 5.58. The Labute approximate surface area is 188 Å². The average molecular weight is 433 g/mol. The van der Waals surface area contributed by atoms with Gasteiger partial charge in [0.1, 0.15) is 18.1 Å². The van der Waals surface area contributed by atoms with E-state index in [1.54, 1.807) is 12.1 Å². The molecule has 1 saturated heterocycles. The fraction of sp³-hybridized carbons (Fsp3) is 0.308. The Morgan fingerprint density at radius 3 is 2.38 bits per heavy atom. The van der Waals surface area contributed by atoms with Crippen LogP contribution in [0.3, 0.4) is 0 Å². The van der Waals surface area contributed by atoms with Crippen molar-refractivity contribution in [2.24, 2.45) is 0 Å². The number of piperidine rings is 1. The van der Waals surface area contributed by atoms with Crippen molar-refractivity contribution in [2.45, 2.75) is 39.3 Å². The summed E-state index contributed by atoms with van der Waals surface area (Å²) in [6.07, 6.45) is 3.34. The predicted molar refractivity (Wildman–Crippen MR) is 122 cm³/mol. The summed E-state index contributed by atoms with van der Waals surface area (Å²) < 4.78 is 11.3. The highest BCUT2D eigenvalue weighted by Gasteiger charge is 2.18. The first-order valence-electron chi connectivity index (χ1n) is 11.0. The summed E-state index contributed by atoms with van der Waals surface area (Å²) in [5.41, 5.74) is 2.77. The zero-order valence-electron chi connectivity index (χ0n) is 18.3. The van der Waals surface area contributed by atoms with Crippen molar-refractivity contribution in [3.05, 3.63) is 88.9 Å². The first-order valence-corrected chi connectivity index (χ1v) is 11.0. The van der Waals surface area contributed by atoms with Crippen molar-refractivity contribution >= 4 is 11.8 Å². The fourth-order valence-corrected chi connectivity index (χ4v) is 3.68. The Bertz CT molecular complexity index is 1050. The molecule has 0 aliphatic carbocycles. The molecule has 2 aromatic carbocycles. The smallest absolute Gasteiger partial charge is 0.287 e. The molecule has 2 amide bonds. The molecular formula is C26H28N2O4. The topological polar surface area (TPSA) is 71.8 Å². The maximum Gasteiger partial charge on any atom is 0.287 e. The van der Waals surface area contributed by atoms with Crippen LogP contribution in [0.2, 0.25) is 0 Å². The Morgan fingerprint density at radius 2 is 1.66 bits per heavy atom. The number of nitrogens with one attached hydrogen (secondary N) is 1. The molecule has 32 heavy (non-hydrogen) atoms. The summed E-state index contributed by atoms with van der Waals surface area (Å²) in [5.74, 6) is 1.36. The first kappa shape index (κ1) is 21.7. The highest BCUT2D eigenvalue weighted by molar-refractivity contribution is 5.94. The van der Waals surface area contributed by atoms with Gasteiger partial charge in [-0.05, 0) is 68.1 Å². The molecular weight excluding hydrogens is 404 g/mol. The molecule has 4 rings (SSSR count). The number of ether oxygens (including phenoxy) is 1. The van der Waals surface area contributed by atoms with Gasteiger partial charge in [-0.2, -0.15) is 0 Å². The number of rotatable bonds is 7. The lowest BCUT2D eigenvalue weighted by molar-refractivity contribution is 0.0724. The summed E-state index contributed by atoms with van der Waals surface area (Å²) in [7, 11) is 0. The van der Waals surface area contributed by atoms with E-state index < -0.39 is 0 Å². The van der Waals surface area contributed by atoms with Crippen molar-refractivity contribution < 1.29 is 18.7 Å². The van der Waals surface area contributed by atoms with Crippen LogP contribution >= 0.6 is 0 Å². The van der Waals surface area contributed by atoms with Crippen LogP contribution in [0.1, 0.15) is 57.1 Å². The molecule has 0 spiro atoms. The molecule has 2 heterocycles. The van der Waals surface area contributed by atoms with Crippen molar-refractivity contribution in [2.75, 3.05) is 13.1 Å². The molecule has 1 aliphatic heterocycles. The highest BCUT2D eigenvalue weighted by atomic mass is 16.5. The van der Waals surface area contributed by atoms with E-state index in [0.717, 1.165) is 42.8 Å². The molecule has 166 valence electrons. The molecule has 0 atom stereocenters. The molecule has 6 nitrogen and oxygen atoms in total. The van der Waals surface area contributed by atoms with Crippen LogP contribution in [0.4, 0.5) is 0 Å². The minimum atomic E-state index is -0.292.